The zero-order valence-corrected chi connectivity index (χ0v) is 11.5. The summed E-state index contributed by atoms with van der Waals surface area (Å²) in [6, 6.07) is 2.19. The van der Waals surface area contributed by atoms with Gasteiger partial charge >= 0.3 is 0 Å². The second-order valence-corrected chi connectivity index (χ2v) is 5.71. The molecule has 2 heterocycles. The van der Waals surface area contributed by atoms with E-state index < -0.39 is 0 Å². The number of thiophene rings is 1. The van der Waals surface area contributed by atoms with Gasteiger partial charge in [0.15, 0.2) is 0 Å². The average Bonchev–Trinajstić information content (AvgIpc) is 2.89. The van der Waals surface area contributed by atoms with Crippen LogP contribution in [-0.4, -0.2) is 24.5 Å². The van der Waals surface area contributed by atoms with Crippen molar-refractivity contribution < 1.29 is 0 Å². The molecule has 94 valence electrons. The van der Waals surface area contributed by atoms with Crippen molar-refractivity contribution in [2.75, 3.05) is 19.6 Å². The molecule has 0 radical (unpaired) electrons. The lowest BCUT2D eigenvalue weighted by atomic mass is 10.3. The van der Waals surface area contributed by atoms with Crippen molar-refractivity contribution in [1.29, 1.82) is 0 Å². The van der Waals surface area contributed by atoms with Crippen molar-refractivity contribution in [2.24, 2.45) is 0 Å². The van der Waals surface area contributed by atoms with Gasteiger partial charge in [-0.25, -0.2) is 0 Å². The molecule has 1 saturated heterocycles. The third-order valence-corrected chi connectivity index (χ3v) is 4.40. The van der Waals surface area contributed by atoms with Gasteiger partial charge in [-0.05, 0) is 49.7 Å². The summed E-state index contributed by atoms with van der Waals surface area (Å²) < 4.78 is 0. The fourth-order valence-electron chi connectivity index (χ4n) is 2.24. The molecule has 0 aliphatic carbocycles. The first-order valence-electron chi connectivity index (χ1n) is 6.44. The van der Waals surface area contributed by atoms with Crippen LogP contribution in [0.3, 0.4) is 0 Å². The van der Waals surface area contributed by atoms with E-state index in [-0.39, 0.29) is 0 Å². The summed E-state index contributed by atoms with van der Waals surface area (Å²) in [7, 11) is 0. The Hall–Kier alpha value is -0.800. The molecule has 1 aliphatic heterocycles. The summed E-state index contributed by atoms with van der Waals surface area (Å²) in [4.78, 5) is 3.90. The summed E-state index contributed by atoms with van der Waals surface area (Å²) in [5, 5.41) is 5.69. The summed E-state index contributed by atoms with van der Waals surface area (Å²) >= 11 is 1.85. The number of nitrogens with zero attached hydrogens (tertiary/aromatic N) is 1. The van der Waals surface area contributed by atoms with Crippen molar-refractivity contribution >= 4 is 11.3 Å². The van der Waals surface area contributed by atoms with Gasteiger partial charge in [0.2, 0.25) is 0 Å². The first-order chi connectivity index (χ1) is 8.27. The molecule has 2 rings (SSSR count). The molecule has 0 spiro atoms. The van der Waals surface area contributed by atoms with E-state index in [4.69, 9.17) is 0 Å². The van der Waals surface area contributed by atoms with Crippen molar-refractivity contribution in [3.8, 4) is 0 Å². The SMILES string of the molecule is C=C1CCCN1CCCNCc1sccc1C. The largest absolute Gasteiger partial charge is 0.375 e. The Kier molecular flexibility index (Phi) is 4.63. The van der Waals surface area contributed by atoms with E-state index in [2.05, 4.69) is 35.2 Å². The Balaban J connectivity index is 1.58. The van der Waals surface area contributed by atoms with E-state index in [0.29, 0.717) is 0 Å². The van der Waals surface area contributed by atoms with Crippen LogP contribution in [-0.2, 0) is 6.54 Å². The van der Waals surface area contributed by atoms with E-state index >= 15 is 0 Å². The number of aryl methyl sites for hydroxylation is 1. The highest BCUT2D eigenvalue weighted by Gasteiger charge is 2.13. The van der Waals surface area contributed by atoms with Crippen LogP contribution in [0.1, 0.15) is 29.7 Å². The van der Waals surface area contributed by atoms with Crippen molar-refractivity contribution in [3.63, 3.8) is 0 Å². The van der Waals surface area contributed by atoms with Gasteiger partial charge in [-0.2, -0.15) is 0 Å². The van der Waals surface area contributed by atoms with Gasteiger partial charge in [0.1, 0.15) is 0 Å². The molecular weight excluding hydrogens is 228 g/mol. The molecule has 3 heteroatoms. The van der Waals surface area contributed by atoms with Crippen molar-refractivity contribution in [3.05, 3.63) is 34.2 Å². The molecule has 1 aliphatic rings. The van der Waals surface area contributed by atoms with Crippen LogP contribution in [0.15, 0.2) is 23.7 Å². The second kappa shape index (κ2) is 6.22. The minimum absolute atomic E-state index is 1.02. The van der Waals surface area contributed by atoms with Crippen LogP contribution in [0.5, 0.6) is 0 Å². The van der Waals surface area contributed by atoms with Gasteiger partial charge in [-0.15, -0.1) is 11.3 Å². The third-order valence-electron chi connectivity index (χ3n) is 3.38. The third kappa shape index (κ3) is 3.58. The molecule has 1 fully saturated rings. The maximum absolute atomic E-state index is 4.09. The lowest BCUT2D eigenvalue weighted by molar-refractivity contribution is 0.381. The average molecular weight is 250 g/mol. The minimum Gasteiger partial charge on any atom is -0.375 e. The fraction of sp³-hybridized carbons (Fsp3) is 0.571. The van der Waals surface area contributed by atoms with E-state index in [0.717, 1.165) is 19.6 Å². The number of allylic oxidation sites excluding steroid dienone is 1. The van der Waals surface area contributed by atoms with Crippen LogP contribution < -0.4 is 5.32 Å². The molecule has 0 aromatic carbocycles. The highest BCUT2D eigenvalue weighted by molar-refractivity contribution is 7.10. The van der Waals surface area contributed by atoms with E-state index in [9.17, 15) is 0 Å². The standard InChI is InChI=1S/C14H22N2S/c1-12-6-10-17-14(12)11-15-7-4-9-16-8-3-5-13(16)2/h6,10,15H,2-5,7-9,11H2,1H3. The Morgan fingerprint density at radius 2 is 2.41 bits per heavy atom. The number of nitrogens with one attached hydrogen (secondary N) is 1. The summed E-state index contributed by atoms with van der Waals surface area (Å²) in [6.45, 7) is 10.8. The molecule has 0 unspecified atom stereocenters. The van der Waals surface area contributed by atoms with Gasteiger partial charge in [-0.1, -0.05) is 6.58 Å². The van der Waals surface area contributed by atoms with Crippen LogP contribution in [0, 0.1) is 6.92 Å². The van der Waals surface area contributed by atoms with Crippen molar-refractivity contribution in [1.82, 2.24) is 10.2 Å². The normalized spacial score (nSPS) is 15.8. The summed E-state index contributed by atoms with van der Waals surface area (Å²) in [5.41, 5.74) is 2.74. The molecule has 1 aromatic rings. The van der Waals surface area contributed by atoms with E-state index in [1.807, 2.05) is 11.3 Å². The number of hydrogen-bond acceptors (Lipinski definition) is 3. The van der Waals surface area contributed by atoms with Crippen LogP contribution in [0.2, 0.25) is 0 Å². The first-order valence-corrected chi connectivity index (χ1v) is 7.32. The Morgan fingerprint density at radius 1 is 1.53 bits per heavy atom. The van der Waals surface area contributed by atoms with Gasteiger partial charge in [0.25, 0.3) is 0 Å². The van der Waals surface area contributed by atoms with Crippen molar-refractivity contribution in [2.45, 2.75) is 32.7 Å². The predicted molar refractivity (Wildman–Crippen MR) is 75.3 cm³/mol. The fourth-order valence-corrected chi connectivity index (χ4v) is 3.12. The van der Waals surface area contributed by atoms with Crippen LogP contribution in [0.4, 0.5) is 0 Å². The smallest absolute Gasteiger partial charge is 0.0302 e. The molecule has 0 amide bonds. The maximum atomic E-state index is 4.09. The number of rotatable bonds is 6. The number of hydrogen-bond donors (Lipinski definition) is 1. The van der Waals surface area contributed by atoms with Crippen LogP contribution in [0.25, 0.3) is 0 Å². The zero-order chi connectivity index (χ0) is 12.1. The molecule has 2 nitrogen and oxygen atoms in total. The Labute approximate surface area is 108 Å². The quantitative estimate of drug-likeness (QED) is 0.780. The monoisotopic (exact) mass is 250 g/mol. The van der Waals surface area contributed by atoms with Gasteiger partial charge in [0, 0.05) is 30.2 Å². The Bertz CT molecular complexity index is 370. The predicted octanol–water partition coefficient (Wildman–Crippen LogP) is 3.15. The van der Waals surface area contributed by atoms with Gasteiger partial charge in [0.05, 0.1) is 0 Å². The number of likely N-dealkylation sites (tertiary alicyclic amines) is 1. The van der Waals surface area contributed by atoms with E-state index in [1.54, 1.807) is 0 Å². The first kappa shape index (κ1) is 12.7. The minimum atomic E-state index is 1.02. The molecule has 17 heavy (non-hydrogen) atoms. The summed E-state index contributed by atoms with van der Waals surface area (Å²) in [6.07, 6.45) is 3.70. The maximum Gasteiger partial charge on any atom is 0.0302 e. The second-order valence-electron chi connectivity index (χ2n) is 4.71. The molecule has 1 N–H and O–H groups in total. The van der Waals surface area contributed by atoms with Crippen LogP contribution >= 0.6 is 11.3 Å². The highest BCUT2D eigenvalue weighted by atomic mass is 32.1. The molecule has 1 aromatic heterocycles. The molecular formula is C14H22N2S. The molecule has 0 atom stereocenters. The van der Waals surface area contributed by atoms with Gasteiger partial charge in [-0.3, -0.25) is 0 Å². The molecule has 0 saturated carbocycles. The lowest BCUT2D eigenvalue weighted by Gasteiger charge is -2.18. The topological polar surface area (TPSA) is 15.3 Å². The van der Waals surface area contributed by atoms with E-state index in [1.165, 1.54) is 41.9 Å². The zero-order valence-electron chi connectivity index (χ0n) is 10.7. The summed E-state index contributed by atoms with van der Waals surface area (Å²) in [5.74, 6) is 0. The van der Waals surface area contributed by atoms with Gasteiger partial charge < -0.3 is 10.2 Å². The molecule has 0 bridgehead atoms. The Morgan fingerprint density at radius 3 is 3.06 bits per heavy atom. The highest BCUT2D eigenvalue weighted by Crippen LogP contribution is 2.18. The lowest BCUT2D eigenvalue weighted by Crippen LogP contribution is -2.23.